The van der Waals surface area contributed by atoms with Gasteiger partial charge in [-0.2, -0.15) is 0 Å². The third kappa shape index (κ3) is 1.97. The van der Waals surface area contributed by atoms with Crippen molar-refractivity contribution in [1.29, 1.82) is 0 Å². The molecule has 1 N–H and O–H groups in total. The van der Waals surface area contributed by atoms with Crippen molar-refractivity contribution in [2.24, 2.45) is 40.4 Å². The lowest BCUT2D eigenvalue weighted by Crippen LogP contribution is -2.60. The first-order chi connectivity index (χ1) is 13.9. The number of aliphatic hydroxyl groups is 1. The maximum atomic E-state index is 10.6. The monoisotopic (exact) mass is 402 g/mol. The van der Waals surface area contributed by atoms with E-state index in [0.29, 0.717) is 35.0 Å². The summed E-state index contributed by atoms with van der Waals surface area (Å²) in [6, 6.07) is 0. The zero-order valence-electron chi connectivity index (χ0n) is 17.8. The fraction of sp³-hybridized carbons (Fsp3) is 0.917. The van der Waals surface area contributed by atoms with Gasteiger partial charge in [-0.25, -0.2) is 0 Å². The number of allylic oxidation sites excluding steroid dienone is 1. The topological polar surface area (TPSA) is 63.8 Å². The average molecular weight is 403 g/mol. The van der Waals surface area contributed by atoms with Crippen molar-refractivity contribution in [1.82, 2.24) is 0 Å². The van der Waals surface area contributed by atoms with Crippen LogP contribution in [0.25, 0.3) is 0 Å². The molecule has 6 fully saturated rings. The van der Waals surface area contributed by atoms with Gasteiger partial charge in [0.15, 0.2) is 6.29 Å². The molecule has 0 radical (unpaired) electrons. The summed E-state index contributed by atoms with van der Waals surface area (Å²) >= 11 is 0. The van der Waals surface area contributed by atoms with E-state index in [1.54, 1.807) is 0 Å². The van der Waals surface area contributed by atoms with Crippen LogP contribution >= 0.6 is 0 Å². The summed E-state index contributed by atoms with van der Waals surface area (Å²) < 4.78 is 24.1. The molecule has 7 rings (SSSR count). The van der Waals surface area contributed by atoms with Gasteiger partial charge in [-0.05, 0) is 54.8 Å². The van der Waals surface area contributed by atoms with Gasteiger partial charge in [0.1, 0.15) is 23.9 Å². The Labute approximate surface area is 173 Å². The molecule has 7 aliphatic rings. The van der Waals surface area contributed by atoms with Crippen LogP contribution in [0.4, 0.5) is 0 Å². The minimum absolute atomic E-state index is 0.00366. The molecule has 0 amide bonds. The van der Waals surface area contributed by atoms with Gasteiger partial charge in [-0.15, -0.1) is 0 Å². The molecule has 1 spiro atoms. The van der Waals surface area contributed by atoms with Gasteiger partial charge < -0.3 is 24.1 Å². The molecule has 4 aliphatic carbocycles. The van der Waals surface area contributed by atoms with Gasteiger partial charge in [0, 0.05) is 11.3 Å². The molecule has 29 heavy (non-hydrogen) atoms. The molecule has 3 saturated heterocycles. The zero-order valence-corrected chi connectivity index (χ0v) is 17.8. The maximum absolute atomic E-state index is 10.6. The van der Waals surface area contributed by atoms with E-state index in [1.807, 2.05) is 0 Å². The number of aliphatic hydroxyl groups excluding tert-OH is 1. The molecule has 3 saturated carbocycles. The van der Waals surface area contributed by atoms with Crippen LogP contribution in [0.5, 0.6) is 0 Å². The lowest BCUT2D eigenvalue weighted by molar-refractivity contribution is -0.124. The van der Waals surface area contributed by atoms with Crippen molar-refractivity contribution < 1.29 is 24.1 Å². The molecule has 3 aliphatic heterocycles. The molecule has 1 unspecified atom stereocenters. The highest BCUT2D eigenvalue weighted by Gasteiger charge is 2.84. The number of ether oxygens (including phenoxy) is 4. The molecule has 12 atom stereocenters. The van der Waals surface area contributed by atoms with Crippen LogP contribution in [0.3, 0.4) is 0 Å². The van der Waals surface area contributed by atoms with Crippen molar-refractivity contribution in [3.8, 4) is 0 Å². The lowest BCUT2D eigenvalue weighted by atomic mass is 9.46. The minimum Gasteiger partial charge on any atom is -0.387 e. The van der Waals surface area contributed by atoms with E-state index in [4.69, 9.17) is 18.9 Å². The lowest BCUT2D eigenvalue weighted by Gasteiger charge is -2.57. The highest BCUT2D eigenvalue weighted by molar-refractivity contribution is 5.39. The molecule has 0 bridgehead atoms. The van der Waals surface area contributed by atoms with Crippen LogP contribution in [-0.2, 0) is 18.9 Å². The minimum atomic E-state index is -0.453. The van der Waals surface area contributed by atoms with E-state index in [2.05, 4.69) is 32.9 Å². The fourth-order valence-electron chi connectivity index (χ4n) is 9.20. The van der Waals surface area contributed by atoms with Gasteiger partial charge in [-0.1, -0.05) is 32.9 Å². The summed E-state index contributed by atoms with van der Waals surface area (Å²) in [5, 5.41) is 10.6. The van der Waals surface area contributed by atoms with E-state index in [9.17, 15) is 5.11 Å². The van der Waals surface area contributed by atoms with Gasteiger partial charge in [-0.3, -0.25) is 0 Å². The Balaban J connectivity index is 1.22. The summed E-state index contributed by atoms with van der Waals surface area (Å²) in [4.78, 5) is 0. The SMILES string of the molecule is CC(C1OCCO1)[C@H]1CC[C@H]2[C@@H]3C=C[C@@]45O[C@@H]4[C@H](O)[C@@H]4O[C@@H]4[C@]5(C)[C@H]3CC[C@]12C. The Morgan fingerprint density at radius 3 is 2.62 bits per heavy atom. The second-order valence-electron chi connectivity index (χ2n) is 11.5. The summed E-state index contributed by atoms with van der Waals surface area (Å²) in [6.45, 7) is 8.79. The summed E-state index contributed by atoms with van der Waals surface area (Å²) in [7, 11) is 0. The van der Waals surface area contributed by atoms with E-state index >= 15 is 0 Å². The van der Waals surface area contributed by atoms with Gasteiger partial charge in [0.25, 0.3) is 0 Å². The third-order valence-corrected chi connectivity index (χ3v) is 10.7. The normalized spacial score (nSPS) is 63.2. The van der Waals surface area contributed by atoms with Gasteiger partial charge in [0.05, 0.1) is 19.3 Å². The summed E-state index contributed by atoms with van der Waals surface area (Å²) in [5.41, 5.74) is 0.0718. The Hall–Kier alpha value is -0.460. The van der Waals surface area contributed by atoms with Crippen molar-refractivity contribution in [3.63, 3.8) is 0 Å². The highest BCUT2D eigenvalue weighted by Crippen LogP contribution is 2.74. The van der Waals surface area contributed by atoms with Crippen LogP contribution in [0.1, 0.15) is 46.5 Å². The molecule has 5 heteroatoms. The van der Waals surface area contributed by atoms with Crippen LogP contribution in [-0.4, -0.2) is 54.6 Å². The summed E-state index contributed by atoms with van der Waals surface area (Å²) in [5.74, 6) is 3.01. The smallest absolute Gasteiger partial charge is 0.160 e. The molecule has 5 nitrogen and oxygen atoms in total. The molecular formula is C24H34O5. The van der Waals surface area contributed by atoms with Crippen LogP contribution in [0.2, 0.25) is 0 Å². The molecule has 0 aromatic rings. The second kappa shape index (κ2) is 5.47. The van der Waals surface area contributed by atoms with Crippen LogP contribution in [0, 0.1) is 40.4 Å². The zero-order chi connectivity index (χ0) is 19.8. The molecular weight excluding hydrogens is 368 g/mol. The highest BCUT2D eigenvalue weighted by atomic mass is 16.7. The molecule has 0 aromatic carbocycles. The van der Waals surface area contributed by atoms with E-state index in [-0.39, 0.29) is 35.6 Å². The second-order valence-corrected chi connectivity index (χ2v) is 11.5. The van der Waals surface area contributed by atoms with E-state index < -0.39 is 6.10 Å². The number of fused-ring (bicyclic) bond motifs is 6. The first-order valence-corrected chi connectivity index (χ1v) is 11.9. The van der Waals surface area contributed by atoms with E-state index in [0.717, 1.165) is 13.2 Å². The van der Waals surface area contributed by atoms with Gasteiger partial charge in [0.2, 0.25) is 0 Å². The first-order valence-electron chi connectivity index (χ1n) is 11.9. The third-order valence-electron chi connectivity index (χ3n) is 10.7. The predicted octanol–water partition coefficient (Wildman–Crippen LogP) is 2.91. The average Bonchev–Trinajstić information content (AvgIpc) is 3.56. The largest absolute Gasteiger partial charge is 0.387 e. The Kier molecular flexibility index (Phi) is 3.42. The fourth-order valence-corrected chi connectivity index (χ4v) is 9.20. The number of hydrogen-bond donors (Lipinski definition) is 1. The number of hydrogen-bond acceptors (Lipinski definition) is 5. The number of epoxide rings is 2. The molecule has 160 valence electrons. The quantitative estimate of drug-likeness (QED) is 0.568. The van der Waals surface area contributed by atoms with Crippen LogP contribution < -0.4 is 0 Å². The Bertz CT molecular complexity index is 762. The maximum Gasteiger partial charge on any atom is 0.160 e. The first kappa shape index (κ1) is 18.1. The van der Waals surface area contributed by atoms with E-state index in [1.165, 1.54) is 25.7 Å². The van der Waals surface area contributed by atoms with Crippen molar-refractivity contribution in [2.45, 2.75) is 82.8 Å². The molecule has 0 aromatic heterocycles. The van der Waals surface area contributed by atoms with Crippen molar-refractivity contribution in [3.05, 3.63) is 12.2 Å². The van der Waals surface area contributed by atoms with Crippen molar-refractivity contribution >= 4 is 0 Å². The van der Waals surface area contributed by atoms with Crippen molar-refractivity contribution in [2.75, 3.05) is 13.2 Å². The number of rotatable bonds is 2. The molecule has 3 heterocycles. The Morgan fingerprint density at radius 2 is 1.83 bits per heavy atom. The predicted molar refractivity (Wildman–Crippen MR) is 105 cm³/mol. The summed E-state index contributed by atoms with van der Waals surface area (Å²) in [6.07, 6.45) is 9.53. The standard InChI is InChI=1S/C24H34O5/c1-12(21-26-10-11-27-21)14-4-5-15-13-6-9-24-19(29-24)17(25)18-20(28-18)23(24,3)16(13)7-8-22(14,15)2/h6,9,12-21,25H,4-5,7-8,10-11H2,1-3H3/t12?,13-,14+,15-,16-,17+,18-,19+,20-,22+,23-,24+/m0/s1. The van der Waals surface area contributed by atoms with Crippen LogP contribution in [0.15, 0.2) is 12.2 Å². The Morgan fingerprint density at radius 1 is 1.03 bits per heavy atom. The van der Waals surface area contributed by atoms with Gasteiger partial charge >= 0.3 is 0 Å².